The number of nitrogens with one attached hydrogen (secondary N) is 2. The van der Waals surface area contributed by atoms with E-state index in [0.717, 1.165) is 0 Å². The Hall–Kier alpha value is -4.40. The normalized spacial score (nSPS) is 11.3. The van der Waals surface area contributed by atoms with Gasteiger partial charge in [-0.1, -0.05) is 0 Å². The van der Waals surface area contributed by atoms with Crippen molar-refractivity contribution in [3.63, 3.8) is 0 Å². The molecule has 34 heavy (non-hydrogen) atoms. The van der Waals surface area contributed by atoms with Crippen LogP contribution in [0.1, 0.15) is 17.1 Å². The molecule has 0 unspecified atom stereocenters. The van der Waals surface area contributed by atoms with Crippen molar-refractivity contribution in [1.82, 2.24) is 15.3 Å². The number of hydrogen-bond acceptors (Lipinski definition) is 6. The highest BCUT2D eigenvalue weighted by Gasteiger charge is 2.22. The van der Waals surface area contributed by atoms with Crippen LogP contribution in [0.15, 0.2) is 62.2 Å². The largest absolute Gasteiger partial charge is 0.497 e. The fourth-order valence-electron chi connectivity index (χ4n) is 3.89. The molecule has 172 valence electrons. The fraction of sp³-hybridized carbons (Fsp3) is 0.160. The smallest absolute Gasteiger partial charge is 0.347 e. The molecule has 5 aromatic rings. The van der Waals surface area contributed by atoms with Crippen molar-refractivity contribution in [1.29, 1.82) is 0 Å². The SMILES string of the molecule is COc1ccc(-c2oc3cc(C)oc(=O)c3c2CC(=O)NCc2nc3ccc(F)cc3[nH]2)cc1. The van der Waals surface area contributed by atoms with Gasteiger partial charge in [0.15, 0.2) is 0 Å². The molecule has 2 aromatic carbocycles. The molecule has 2 N–H and O–H groups in total. The minimum atomic E-state index is -0.569. The maximum Gasteiger partial charge on any atom is 0.347 e. The van der Waals surface area contributed by atoms with E-state index in [2.05, 4.69) is 15.3 Å². The predicted molar refractivity (Wildman–Crippen MR) is 123 cm³/mol. The Morgan fingerprint density at radius 3 is 2.71 bits per heavy atom. The Morgan fingerprint density at radius 1 is 1.15 bits per heavy atom. The van der Waals surface area contributed by atoms with Crippen molar-refractivity contribution >= 4 is 27.9 Å². The van der Waals surface area contributed by atoms with E-state index in [0.29, 0.717) is 50.8 Å². The van der Waals surface area contributed by atoms with E-state index in [9.17, 15) is 14.0 Å². The second-order valence-electron chi connectivity index (χ2n) is 7.82. The molecule has 3 heterocycles. The van der Waals surface area contributed by atoms with Crippen molar-refractivity contribution in [3.8, 4) is 17.1 Å². The van der Waals surface area contributed by atoms with Crippen LogP contribution in [0.4, 0.5) is 4.39 Å². The summed E-state index contributed by atoms with van der Waals surface area (Å²) in [5, 5.41) is 3.01. The number of aromatic nitrogens is 2. The Morgan fingerprint density at radius 2 is 1.94 bits per heavy atom. The summed E-state index contributed by atoms with van der Waals surface area (Å²) < 4.78 is 29.9. The molecule has 0 atom stereocenters. The van der Waals surface area contributed by atoms with Gasteiger partial charge in [0.2, 0.25) is 5.91 Å². The number of benzene rings is 2. The van der Waals surface area contributed by atoms with E-state index >= 15 is 0 Å². The molecule has 0 radical (unpaired) electrons. The number of rotatable bonds is 6. The maximum absolute atomic E-state index is 13.4. The van der Waals surface area contributed by atoms with Crippen LogP contribution in [0.25, 0.3) is 33.3 Å². The van der Waals surface area contributed by atoms with Gasteiger partial charge in [0.1, 0.15) is 39.9 Å². The summed E-state index contributed by atoms with van der Waals surface area (Å²) in [7, 11) is 1.57. The van der Waals surface area contributed by atoms with Gasteiger partial charge in [0, 0.05) is 17.2 Å². The zero-order valence-corrected chi connectivity index (χ0v) is 18.4. The Balaban J connectivity index is 1.45. The van der Waals surface area contributed by atoms with Gasteiger partial charge in [0.25, 0.3) is 0 Å². The van der Waals surface area contributed by atoms with Crippen molar-refractivity contribution in [2.75, 3.05) is 7.11 Å². The molecule has 0 fully saturated rings. The lowest BCUT2D eigenvalue weighted by Gasteiger charge is -2.06. The molecule has 5 rings (SSSR count). The minimum absolute atomic E-state index is 0.108. The maximum atomic E-state index is 13.4. The Kier molecular flexibility index (Phi) is 5.37. The molecule has 0 saturated heterocycles. The van der Waals surface area contributed by atoms with Crippen LogP contribution in [0.3, 0.4) is 0 Å². The molecule has 0 aliphatic rings. The average molecular weight is 461 g/mol. The van der Waals surface area contributed by atoms with Gasteiger partial charge in [-0.05, 0) is 49.4 Å². The molecular weight excluding hydrogens is 441 g/mol. The number of carbonyl (C=O) groups excluding carboxylic acids is 1. The summed E-state index contributed by atoms with van der Waals surface area (Å²) in [5.74, 6) is 1.24. The van der Waals surface area contributed by atoms with Gasteiger partial charge in [-0.2, -0.15) is 0 Å². The van der Waals surface area contributed by atoms with Crippen LogP contribution in [0.5, 0.6) is 5.75 Å². The minimum Gasteiger partial charge on any atom is -0.497 e. The lowest BCUT2D eigenvalue weighted by molar-refractivity contribution is -0.120. The fourth-order valence-corrected chi connectivity index (χ4v) is 3.89. The quantitative estimate of drug-likeness (QED) is 0.391. The zero-order valence-electron chi connectivity index (χ0n) is 18.4. The first-order chi connectivity index (χ1) is 16.4. The number of hydrogen-bond donors (Lipinski definition) is 2. The van der Waals surface area contributed by atoms with Crippen molar-refractivity contribution in [2.24, 2.45) is 0 Å². The molecule has 8 nitrogen and oxygen atoms in total. The van der Waals surface area contributed by atoms with Crippen LogP contribution in [-0.2, 0) is 17.8 Å². The molecule has 0 aliphatic carbocycles. The number of carbonyl (C=O) groups is 1. The van der Waals surface area contributed by atoms with Gasteiger partial charge in [0.05, 0.1) is 31.1 Å². The monoisotopic (exact) mass is 461 g/mol. The second kappa shape index (κ2) is 8.51. The van der Waals surface area contributed by atoms with Crippen molar-refractivity contribution < 1.29 is 22.8 Å². The first-order valence-corrected chi connectivity index (χ1v) is 10.5. The number of H-pyrrole nitrogens is 1. The summed E-state index contributed by atoms with van der Waals surface area (Å²) in [6.45, 7) is 1.76. The second-order valence-corrected chi connectivity index (χ2v) is 7.82. The number of fused-ring (bicyclic) bond motifs is 2. The van der Waals surface area contributed by atoms with Crippen molar-refractivity contribution in [2.45, 2.75) is 19.9 Å². The molecule has 1 amide bonds. The number of aromatic amines is 1. The highest BCUT2D eigenvalue weighted by atomic mass is 19.1. The number of imidazole rings is 1. The highest BCUT2D eigenvalue weighted by Crippen LogP contribution is 2.33. The molecule has 0 saturated carbocycles. The van der Waals surface area contributed by atoms with Crippen molar-refractivity contribution in [3.05, 3.63) is 81.9 Å². The van der Waals surface area contributed by atoms with E-state index in [-0.39, 0.29) is 30.1 Å². The number of methoxy groups -OCH3 is 1. The molecule has 0 bridgehead atoms. The third kappa shape index (κ3) is 4.03. The van der Waals surface area contributed by atoms with E-state index in [1.165, 1.54) is 12.1 Å². The first kappa shape index (κ1) is 21.4. The standard InChI is InChI=1S/C25H20FN3O5/c1-13-9-20-23(25(31)33-13)17(24(34-20)14-3-6-16(32-2)7-4-14)11-22(30)27-12-21-28-18-8-5-15(26)10-19(18)29-21/h3-10H,11-12H2,1-2H3,(H,27,30)(H,28,29). The summed E-state index contributed by atoms with van der Waals surface area (Å²) in [5.41, 5.74) is 2.04. The topological polar surface area (TPSA) is 110 Å². The highest BCUT2D eigenvalue weighted by molar-refractivity contribution is 5.92. The summed E-state index contributed by atoms with van der Waals surface area (Å²) in [6, 6.07) is 13.0. The van der Waals surface area contributed by atoms with Crippen LogP contribution >= 0.6 is 0 Å². The third-order valence-corrected chi connectivity index (χ3v) is 5.46. The number of halogens is 1. The number of nitrogens with zero attached hydrogens (tertiary/aromatic N) is 1. The van der Waals surface area contributed by atoms with Gasteiger partial charge >= 0.3 is 5.63 Å². The molecule has 9 heteroatoms. The first-order valence-electron chi connectivity index (χ1n) is 10.5. The molecule has 0 spiro atoms. The van der Waals surface area contributed by atoms with E-state index in [1.54, 1.807) is 50.4 Å². The number of furan rings is 1. The number of aryl methyl sites for hydroxylation is 1. The van der Waals surface area contributed by atoms with E-state index in [1.807, 2.05) is 0 Å². The Bertz CT molecular complexity index is 1580. The summed E-state index contributed by atoms with van der Waals surface area (Å²) in [4.78, 5) is 32.8. The van der Waals surface area contributed by atoms with Gasteiger partial charge in [-0.25, -0.2) is 14.2 Å². The third-order valence-electron chi connectivity index (χ3n) is 5.46. The van der Waals surface area contributed by atoms with Gasteiger partial charge in [-0.15, -0.1) is 0 Å². The number of ether oxygens (including phenoxy) is 1. The van der Waals surface area contributed by atoms with Gasteiger partial charge in [-0.3, -0.25) is 4.79 Å². The average Bonchev–Trinajstić information content (AvgIpc) is 3.38. The molecule has 3 aromatic heterocycles. The van der Waals surface area contributed by atoms with E-state index in [4.69, 9.17) is 13.6 Å². The van der Waals surface area contributed by atoms with Crippen LogP contribution in [-0.4, -0.2) is 23.0 Å². The zero-order chi connectivity index (χ0) is 23.8. The van der Waals surface area contributed by atoms with Crippen LogP contribution in [0.2, 0.25) is 0 Å². The van der Waals surface area contributed by atoms with Crippen LogP contribution in [0, 0.1) is 12.7 Å². The van der Waals surface area contributed by atoms with E-state index < -0.39 is 5.63 Å². The summed E-state index contributed by atoms with van der Waals surface area (Å²) >= 11 is 0. The lowest BCUT2D eigenvalue weighted by atomic mass is 10.0. The molecule has 0 aliphatic heterocycles. The van der Waals surface area contributed by atoms with Crippen LogP contribution < -0.4 is 15.7 Å². The predicted octanol–water partition coefficient (Wildman–Crippen LogP) is 4.24. The number of amides is 1. The lowest BCUT2D eigenvalue weighted by Crippen LogP contribution is -2.25. The summed E-state index contributed by atoms with van der Waals surface area (Å²) in [6.07, 6.45) is -0.114. The Labute approximate surface area is 192 Å². The van der Waals surface area contributed by atoms with Gasteiger partial charge < -0.3 is 23.9 Å². The molecular formula is C25H20FN3O5.